The minimum absolute atomic E-state index is 0.0824. The molecule has 1 heterocycles. The molecule has 23 heavy (non-hydrogen) atoms. The Bertz CT molecular complexity index is 482. The molecule has 0 aromatic heterocycles. The van der Waals surface area contributed by atoms with Crippen LogP contribution in [0.15, 0.2) is 12.2 Å². The molecule has 1 aliphatic heterocycles. The Kier molecular flexibility index (Phi) is 5.13. The summed E-state index contributed by atoms with van der Waals surface area (Å²) in [4.78, 5) is 15.0. The largest absolute Gasteiger partial charge is 0.388 e. The Morgan fingerprint density at radius 1 is 1.39 bits per heavy atom. The summed E-state index contributed by atoms with van der Waals surface area (Å²) in [6, 6.07) is 0. The summed E-state index contributed by atoms with van der Waals surface area (Å²) < 4.78 is 0. The Morgan fingerprint density at radius 2 is 2.00 bits per heavy atom. The first kappa shape index (κ1) is 18.7. The molecule has 2 rings (SSSR count). The van der Waals surface area contributed by atoms with Crippen LogP contribution in [0.1, 0.15) is 60.8 Å². The first-order valence-electron chi connectivity index (χ1n) is 9.15. The van der Waals surface area contributed by atoms with E-state index in [0.717, 1.165) is 25.0 Å². The molecule has 132 valence electrons. The molecule has 0 amide bonds. The summed E-state index contributed by atoms with van der Waals surface area (Å²) >= 11 is 0. The van der Waals surface area contributed by atoms with Gasteiger partial charge in [-0.3, -0.25) is 9.69 Å². The molecule has 1 aliphatic carbocycles. The van der Waals surface area contributed by atoms with Gasteiger partial charge in [0.1, 0.15) is 5.78 Å². The summed E-state index contributed by atoms with van der Waals surface area (Å²) in [5.41, 5.74) is 0.0985. The third kappa shape index (κ3) is 3.28. The van der Waals surface area contributed by atoms with Gasteiger partial charge in [-0.15, -0.1) is 0 Å². The van der Waals surface area contributed by atoms with Crippen molar-refractivity contribution in [2.24, 2.45) is 23.7 Å². The highest BCUT2D eigenvalue weighted by atomic mass is 16.3. The molecule has 1 saturated carbocycles. The fraction of sp³-hybridized carbons (Fsp3) is 0.850. The number of nitrogens with zero attached hydrogens (tertiary/aromatic N) is 1. The minimum Gasteiger partial charge on any atom is -0.388 e. The van der Waals surface area contributed by atoms with Crippen molar-refractivity contribution in [3.8, 4) is 0 Å². The van der Waals surface area contributed by atoms with Gasteiger partial charge in [-0.2, -0.15) is 0 Å². The Morgan fingerprint density at radius 3 is 2.43 bits per heavy atom. The van der Waals surface area contributed by atoms with Gasteiger partial charge in [0.05, 0.1) is 5.60 Å². The van der Waals surface area contributed by atoms with Gasteiger partial charge in [0.25, 0.3) is 0 Å². The summed E-state index contributed by atoms with van der Waals surface area (Å²) in [6.45, 7) is 18.3. The summed E-state index contributed by atoms with van der Waals surface area (Å²) in [5.74, 6) is 1.26. The van der Waals surface area contributed by atoms with Crippen LogP contribution in [0.5, 0.6) is 0 Å². The van der Waals surface area contributed by atoms with Crippen LogP contribution in [-0.2, 0) is 4.79 Å². The normalized spacial score (nSPS) is 36.7. The molecule has 0 aromatic carbocycles. The lowest BCUT2D eigenvalue weighted by molar-refractivity contribution is -0.131. The number of ketones is 1. The number of carbonyl (C=O) groups is 1. The van der Waals surface area contributed by atoms with Crippen molar-refractivity contribution in [1.29, 1.82) is 0 Å². The fourth-order valence-electron chi connectivity index (χ4n) is 4.63. The molecule has 0 aromatic rings. The molecule has 1 N–H and O–H groups in total. The minimum atomic E-state index is -0.742. The van der Waals surface area contributed by atoms with Crippen molar-refractivity contribution in [1.82, 2.24) is 4.90 Å². The number of aliphatic hydroxyl groups is 1. The maximum absolute atomic E-state index is 12.6. The van der Waals surface area contributed by atoms with Crippen LogP contribution in [0.25, 0.3) is 0 Å². The topological polar surface area (TPSA) is 40.5 Å². The Balaban J connectivity index is 2.24. The number of rotatable bonds is 4. The van der Waals surface area contributed by atoms with Crippen molar-refractivity contribution in [3.05, 3.63) is 12.2 Å². The molecule has 0 bridgehead atoms. The second kappa shape index (κ2) is 6.33. The Hall–Kier alpha value is -0.670. The van der Waals surface area contributed by atoms with Crippen LogP contribution in [0.4, 0.5) is 0 Å². The highest BCUT2D eigenvalue weighted by Gasteiger charge is 2.53. The quantitative estimate of drug-likeness (QED) is 0.803. The average Bonchev–Trinajstić information content (AvgIpc) is 2.78. The summed E-state index contributed by atoms with van der Waals surface area (Å²) in [5, 5.41) is 11.3. The van der Waals surface area contributed by atoms with Gasteiger partial charge < -0.3 is 5.11 Å². The van der Waals surface area contributed by atoms with Gasteiger partial charge in [-0.1, -0.05) is 32.9 Å². The molecular weight excluding hydrogens is 286 g/mol. The molecule has 3 nitrogen and oxygen atoms in total. The van der Waals surface area contributed by atoms with E-state index < -0.39 is 5.60 Å². The number of likely N-dealkylation sites (tertiary alicyclic amines) is 1. The van der Waals surface area contributed by atoms with E-state index in [1.807, 2.05) is 6.92 Å². The number of β-amino-alcohol motifs (C(OH)–C–C–N with tert-alkyl or cyclic N) is 1. The third-order valence-electron chi connectivity index (χ3n) is 6.60. The van der Waals surface area contributed by atoms with Gasteiger partial charge in [0.15, 0.2) is 0 Å². The van der Waals surface area contributed by atoms with E-state index in [1.54, 1.807) is 0 Å². The average molecular weight is 322 g/mol. The van der Waals surface area contributed by atoms with Crippen molar-refractivity contribution < 1.29 is 9.90 Å². The number of Topliss-reactive ketones (excluding diaryl/α,β-unsaturated/α-hetero) is 1. The maximum Gasteiger partial charge on any atom is 0.138 e. The van der Waals surface area contributed by atoms with Gasteiger partial charge in [0.2, 0.25) is 0 Å². The second-order valence-corrected chi connectivity index (χ2v) is 8.98. The number of hydrogen-bond donors (Lipinski definition) is 1. The highest BCUT2D eigenvalue weighted by Crippen LogP contribution is 2.44. The number of carbonyl (C=O) groups excluding carboxylic acids is 1. The SMILES string of the molecule is C=C(C)[C@H]1CN(C(C)(C)[C@@H]2CC[C@@H](C)CC2=O)C[C@]1(O)C(C)C. The molecule has 0 radical (unpaired) electrons. The third-order valence-corrected chi connectivity index (χ3v) is 6.60. The molecule has 2 fully saturated rings. The van der Waals surface area contributed by atoms with Crippen molar-refractivity contribution in [2.45, 2.75) is 71.9 Å². The molecule has 1 saturated heterocycles. The molecule has 0 spiro atoms. The van der Waals surface area contributed by atoms with Crippen molar-refractivity contribution in [3.63, 3.8) is 0 Å². The van der Waals surface area contributed by atoms with Gasteiger partial charge in [-0.05, 0) is 45.4 Å². The predicted molar refractivity (Wildman–Crippen MR) is 95.3 cm³/mol. The zero-order valence-electron chi connectivity index (χ0n) is 15.9. The monoisotopic (exact) mass is 321 g/mol. The van der Waals surface area contributed by atoms with Gasteiger partial charge >= 0.3 is 0 Å². The smallest absolute Gasteiger partial charge is 0.138 e. The van der Waals surface area contributed by atoms with Gasteiger partial charge in [-0.25, -0.2) is 0 Å². The molecular formula is C20H35NO2. The standard InChI is InChI=1S/C20H35NO2/c1-13(2)17-11-21(12-20(17,23)14(3)4)19(6,7)16-9-8-15(5)10-18(16)22/h14-17,23H,1,8-12H2,2-7H3/t15-,16-,17-,20+/m1/s1. The zero-order chi connectivity index (χ0) is 17.6. The molecule has 2 aliphatic rings. The van der Waals surface area contributed by atoms with Crippen LogP contribution in [0.3, 0.4) is 0 Å². The van der Waals surface area contributed by atoms with Crippen LogP contribution < -0.4 is 0 Å². The Labute approximate surface area is 142 Å². The van der Waals surface area contributed by atoms with Crippen LogP contribution >= 0.6 is 0 Å². The predicted octanol–water partition coefficient (Wildman–Crippen LogP) is 3.67. The van der Waals surface area contributed by atoms with E-state index in [9.17, 15) is 9.90 Å². The molecule has 4 atom stereocenters. The van der Waals surface area contributed by atoms with Crippen LogP contribution in [-0.4, -0.2) is 40.0 Å². The van der Waals surface area contributed by atoms with E-state index >= 15 is 0 Å². The lowest BCUT2D eigenvalue weighted by Crippen LogP contribution is -2.54. The first-order valence-corrected chi connectivity index (χ1v) is 9.15. The zero-order valence-corrected chi connectivity index (χ0v) is 15.9. The second-order valence-electron chi connectivity index (χ2n) is 8.98. The van der Waals surface area contributed by atoms with E-state index in [1.165, 1.54) is 0 Å². The van der Waals surface area contributed by atoms with E-state index in [0.29, 0.717) is 24.7 Å². The van der Waals surface area contributed by atoms with E-state index in [4.69, 9.17) is 0 Å². The first-order chi connectivity index (χ1) is 10.5. The number of hydrogen-bond acceptors (Lipinski definition) is 3. The van der Waals surface area contributed by atoms with Crippen molar-refractivity contribution >= 4 is 5.78 Å². The lowest BCUT2D eigenvalue weighted by Gasteiger charge is -2.44. The van der Waals surface area contributed by atoms with E-state index in [-0.39, 0.29) is 23.3 Å². The lowest BCUT2D eigenvalue weighted by atomic mass is 9.72. The van der Waals surface area contributed by atoms with Crippen LogP contribution in [0, 0.1) is 23.7 Å². The highest BCUT2D eigenvalue weighted by molar-refractivity contribution is 5.83. The molecule has 0 unspecified atom stereocenters. The summed E-state index contributed by atoms with van der Waals surface area (Å²) in [7, 11) is 0. The van der Waals surface area contributed by atoms with Crippen molar-refractivity contribution in [2.75, 3.05) is 13.1 Å². The van der Waals surface area contributed by atoms with Gasteiger partial charge in [0, 0.05) is 36.9 Å². The van der Waals surface area contributed by atoms with E-state index in [2.05, 4.69) is 46.1 Å². The fourth-order valence-corrected chi connectivity index (χ4v) is 4.63. The molecule has 3 heteroatoms. The van der Waals surface area contributed by atoms with Crippen LogP contribution in [0.2, 0.25) is 0 Å². The summed E-state index contributed by atoms with van der Waals surface area (Å²) in [6.07, 6.45) is 2.81. The maximum atomic E-state index is 12.6.